The lowest BCUT2D eigenvalue weighted by atomic mass is 10.3. The Morgan fingerprint density at radius 2 is 1.96 bits per heavy atom. The van der Waals surface area contributed by atoms with Crippen LogP contribution in [-0.2, 0) is 0 Å². The number of aromatic nitrogens is 3. The van der Waals surface area contributed by atoms with E-state index in [0.717, 1.165) is 55.2 Å². The molecule has 1 fully saturated rings. The molecule has 0 amide bonds. The number of aliphatic hydroxyl groups excluding tert-OH is 1. The molecule has 1 atom stereocenters. The zero-order valence-electron chi connectivity index (χ0n) is 15.3. The molecule has 1 aliphatic rings. The minimum Gasteiger partial charge on any atom is -0.491 e. The number of β-amino-alcohol motifs (C(OH)–C–C–N with tert-alkyl or cyclic N) is 1. The maximum Gasteiger partial charge on any atom is 0.142 e. The molecule has 3 aromatic rings. The number of hydrogen-bond donors (Lipinski definition) is 2. The molecular formula is C20H25N5O2. The van der Waals surface area contributed by atoms with Gasteiger partial charge in [0, 0.05) is 32.4 Å². The first kappa shape index (κ1) is 17.8. The molecule has 0 spiro atoms. The molecule has 3 heterocycles. The molecule has 0 bridgehead atoms. The van der Waals surface area contributed by atoms with E-state index < -0.39 is 6.10 Å². The molecule has 4 rings (SSSR count). The summed E-state index contributed by atoms with van der Waals surface area (Å²) >= 11 is 0. The van der Waals surface area contributed by atoms with Gasteiger partial charge >= 0.3 is 0 Å². The van der Waals surface area contributed by atoms with Crippen LogP contribution in [0.1, 0.15) is 6.42 Å². The summed E-state index contributed by atoms with van der Waals surface area (Å²) in [6.07, 6.45) is 4.03. The highest BCUT2D eigenvalue weighted by molar-refractivity contribution is 5.87. The Hall–Kier alpha value is -2.64. The molecule has 2 N–H and O–H groups in total. The van der Waals surface area contributed by atoms with Crippen molar-refractivity contribution < 1.29 is 9.84 Å². The zero-order valence-corrected chi connectivity index (χ0v) is 15.3. The van der Waals surface area contributed by atoms with Gasteiger partial charge in [-0.2, -0.15) is 0 Å². The van der Waals surface area contributed by atoms with Gasteiger partial charge in [0.15, 0.2) is 0 Å². The predicted octanol–water partition coefficient (Wildman–Crippen LogP) is 1.91. The molecule has 1 saturated heterocycles. The highest BCUT2D eigenvalue weighted by Gasteiger charge is 2.20. The maximum absolute atomic E-state index is 10.3. The normalized spacial score (nSPS) is 17.0. The van der Waals surface area contributed by atoms with Crippen LogP contribution in [0.5, 0.6) is 5.75 Å². The second kappa shape index (κ2) is 8.37. The molecule has 0 saturated carbocycles. The molecular weight excluding hydrogens is 342 g/mol. The van der Waals surface area contributed by atoms with Crippen LogP contribution in [-0.4, -0.2) is 70.4 Å². The number of fused-ring (bicyclic) bond motifs is 1. The molecule has 0 radical (unpaired) electrons. The summed E-state index contributed by atoms with van der Waals surface area (Å²) in [5.74, 6) is 1.77. The van der Waals surface area contributed by atoms with E-state index in [9.17, 15) is 5.11 Å². The molecule has 1 aromatic carbocycles. The van der Waals surface area contributed by atoms with Crippen molar-refractivity contribution in [2.75, 3.05) is 44.2 Å². The first-order valence-electron chi connectivity index (χ1n) is 9.41. The van der Waals surface area contributed by atoms with E-state index in [4.69, 9.17) is 4.74 Å². The number of anilines is 1. The highest BCUT2D eigenvalue weighted by atomic mass is 16.5. The Kier molecular flexibility index (Phi) is 5.50. The fraction of sp³-hybridized carbons (Fsp3) is 0.400. The SMILES string of the molecule is OC(COc1ccccc1)CN1CCCN(c2ncnc3[nH]ccc23)CC1. The average Bonchev–Trinajstić information content (AvgIpc) is 3.07. The van der Waals surface area contributed by atoms with Crippen molar-refractivity contribution in [2.24, 2.45) is 0 Å². The van der Waals surface area contributed by atoms with Gasteiger partial charge in [-0.3, -0.25) is 4.90 Å². The first-order chi connectivity index (χ1) is 13.3. The summed E-state index contributed by atoms with van der Waals surface area (Å²) in [6.45, 7) is 4.59. The number of nitrogens with zero attached hydrogens (tertiary/aromatic N) is 4. The summed E-state index contributed by atoms with van der Waals surface area (Å²) in [5, 5.41) is 11.4. The van der Waals surface area contributed by atoms with Crippen LogP contribution in [0, 0.1) is 0 Å². The van der Waals surface area contributed by atoms with Gasteiger partial charge in [-0.1, -0.05) is 18.2 Å². The quantitative estimate of drug-likeness (QED) is 0.693. The zero-order chi connectivity index (χ0) is 18.5. The molecule has 7 nitrogen and oxygen atoms in total. The molecule has 1 aliphatic heterocycles. The Morgan fingerprint density at radius 3 is 2.85 bits per heavy atom. The van der Waals surface area contributed by atoms with E-state index in [1.807, 2.05) is 42.6 Å². The van der Waals surface area contributed by atoms with Crippen molar-refractivity contribution in [2.45, 2.75) is 12.5 Å². The van der Waals surface area contributed by atoms with Crippen molar-refractivity contribution in [3.8, 4) is 5.75 Å². The van der Waals surface area contributed by atoms with Crippen LogP contribution in [0.3, 0.4) is 0 Å². The number of H-pyrrole nitrogens is 1. The molecule has 1 unspecified atom stereocenters. The summed E-state index contributed by atoms with van der Waals surface area (Å²) in [5.41, 5.74) is 0.870. The Morgan fingerprint density at radius 1 is 1.07 bits per heavy atom. The highest BCUT2D eigenvalue weighted by Crippen LogP contribution is 2.23. The second-order valence-electron chi connectivity index (χ2n) is 6.86. The van der Waals surface area contributed by atoms with E-state index in [1.165, 1.54) is 0 Å². The Labute approximate surface area is 158 Å². The minimum absolute atomic E-state index is 0.306. The number of aromatic amines is 1. The van der Waals surface area contributed by atoms with Gasteiger partial charge < -0.3 is 19.7 Å². The van der Waals surface area contributed by atoms with Crippen LogP contribution in [0.2, 0.25) is 0 Å². The minimum atomic E-state index is -0.507. The van der Waals surface area contributed by atoms with Crippen LogP contribution < -0.4 is 9.64 Å². The largest absolute Gasteiger partial charge is 0.491 e. The van der Waals surface area contributed by atoms with Crippen LogP contribution in [0.25, 0.3) is 11.0 Å². The summed E-state index contributed by atoms with van der Waals surface area (Å²) in [4.78, 5) is 16.5. The summed E-state index contributed by atoms with van der Waals surface area (Å²) < 4.78 is 5.66. The van der Waals surface area contributed by atoms with Crippen molar-refractivity contribution in [3.05, 3.63) is 48.9 Å². The van der Waals surface area contributed by atoms with E-state index in [1.54, 1.807) is 6.33 Å². The van der Waals surface area contributed by atoms with Gasteiger partial charge in [0.1, 0.15) is 36.3 Å². The van der Waals surface area contributed by atoms with Gasteiger partial charge in [-0.15, -0.1) is 0 Å². The smallest absolute Gasteiger partial charge is 0.142 e. The maximum atomic E-state index is 10.3. The Bertz CT molecular complexity index is 854. The number of aliphatic hydroxyl groups is 1. The molecule has 2 aromatic heterocycles. The lowest BCUT2D eigenvalue weighted by Gasteiger charge is -2.24. The van der Waals surface area contributed by atoms with Gasteiger partial charge in [0.2, 0.25) is 0 Å². The van der Waals surface area contributed by atoms with E-state index in [0.29, 0.717) is 13.2 Å². The monoisotopic (exact) mass is 367 g/mol. The van der Waals surface area contributed by atoms with Crippen LogP contribution >= 0.6 is 0 Å². The second-order valence-corrected chi connectivity index (χ2v) is 6.86. The fourth-order valence-electron chi connectivity index (χ4n) is 3.54. The first-order valence-corrected chi connectivity index (χ1v) is 9.41. The number of benzene rings is 1. The van der Waals surface area contributed by atoms with E-state index >= 15 is 0 Å². The third kappa shape index (κ3) is 4.37. The number of para-hydroxylation sites is 1. The molecule has 27 heavy (non-hydrogen) atoms. The summed E-state index contributed by atoms with van der Waals surface area (Å²) in [7, 11) is 0. The van der Waals surface area contributed by atoms with Crippen molar-refractivity contribution >= 4 is 16.9 Å². The standard InChI is InChI=1S/C20H25N5O2/c26-16(14-27-17-5-2-1-3-6-17)13-24-9-4-10-25(12-11-24)20-18-7-8-21-19(18)22-15-23-20/h1-3,5-8,15-16,26H,4,9-14H2,(H,21,22,23). The lowest BCUT2D eigenvalue weighted by molar-refractivity contribution is 0.0705. The number of hydrogen-bond acceptors (Lipinski definition) is 6. The molecule has 142 valence electrons. The predicted molar refractivity (Wildman–Crippen MR) is 105 cm³/mol. The number of nitrogens with one attached hydrogen (secondary N) is 1. The van der Waals surface area contributed by atoms with Crippen molar-refractivity contribution in [1.82, 2.24) is 19.9 Å². The lowest BCUT2D eigenvalue weighted by Crippen LogP contribution is -2.38. The fourth-order valence-corrected chi connectivity index (χ4v) is 3.54. The third-order valence-electron chi connectivity index (χ3n) is 4.88. The van der Waals surface area contributed by atoms with Gasteiger partial charge in [-0.25, -0.2) is 9.97 Å². The van der Waals surface area contributed by atoms with Gasteiger partial charge in [0.05, 0.1) is 5.39 Å². The molecule has 7 heteroatoms. The third-order valence-corrected chi connectivity index (χ3v) is 4.88. The molecule has 0 aliphatic carbocycles. The van der Waals surface area contributed by atoms with Gasteiger partial charge in [0.25, 0.3) is 0 Å². The Balaban J connectivity index is 1.31. The topological polar surface area (TPSA) is 77.5 Å². The average molecular weight is 367 g/mol. The van der Waals surface area contributed by atoms with Gasteiger partial charge in [-0.05, 0) is 31.2 Å². The van der Waals surface area contributed by atoms with Crippen molar-refractivity contribution in [3.63, 3.8) is 0 Å². The van der Waals surface area contributed by atoms with E-state index in [2.05, 4.69) is 24.8 Å². The van der Waals surface area contributed by atoms with Crippen LogP contribution in [0.15, 0.2) is 48.9 Å². The summed E-state index contributed by atoms with van der Waals surface area (Å²) in [6, 6.07) is 11.6. The van der Waals surface area contributed by atoms with E-state index in [-0.39, 0.29) is 0 Å². The van der Waals surface area contributed by atoms with Crippen molar-refractivity contribution in [1.29, 1.82) is 0 Å². The van der Waals surface area contributed by atoms with Crippen LogP contribution in [0.4, 0.5) is 5.82 Å². The number of rotatable bonds is 6. The number of ether oxygens (including phenoxy) is 1.